The molecule has 4 nitrogen and oxygen atoms in total. The van der Waals surface area contributed by atoms with Crippen LogP contribution < -0.4 is 10.2 Å². The van der Waals surface area contributed by atoms with E-state index in [9.17, 15) is 14.0 Å². The fraction of sp³-hybridized carbons (Fsp3) is 0.263. The third-order valence-corrected chi connectivity index (χ3v) is 4.79. The quantitative estimate of drug-likeness (QED) is 0.896. The van der Waals surface area contributed by atoms with Crippen molar-refractivity contribution in [2.75, 3.05) is 16.8 Å². The molecule has 0 spiro atoms. The number of anilines is 2. The summed E-state index contributed by atoms with van der Waals surface area (Å²) in [6.07, 6.45) is 0.106. The highest BCUT2D eigenvalue weighted by Gasteiger charge is 2.36. The van der Waals surface area contributed by atoms with E-state index in [4.69, 9.17) is 11.6 Å². The van der Waals surface area contributed by atoms with Crippen molar-refractivity contribution in [3.05, 3.63) is 58.4 Å². The molecule has 1 aliphatic rings. The Kier molecular flexibility index (Phi) is 4.77. The molecule has 0 saturated carbocycles. The molecule has 1 heterocycles. The van der Waals surface area contributed by atoms with Crippen LogP contribution in [0, 0.1) is 25.6 Å². The largest absolute Gasteiger partial charge is 0.323 e. The first-order valence-corrected chi connectivity index (χ1v) is 8.37. The second-order valence-corrected chi connectivity index (χ2v) is 6.67. The molecule has 25 heavy (non-hydrogen) atoms. The third kappa shape index (κ3) is 3.51. The maximum atomic E-state index is 13.8. The van der Waals surface area contributed by atoms with Crippen LogP contribution in [0.4, 0.5) is 15.8 Å². The molecule has 0 radical (unpaired) electrons. The summed E-state index contributed by atoms with van der Waals surface area (Å²) < 4.78 is 13.8. The lowest BCUT2D eigenvalue weighted by atomic mass is 10.1. The molecule has 2 amide bonds. The van der Waals surface area contributed by atoms with Gasteiger partial charge >= 0.3 is 0 Å². The second kappa shape index (κ2) is 6.84. The van der Waals surface area contributed by atoms with Crippen LogP contribution in [0.1, 0.15) is 17.5 Å². The monoisotopic (exact) mass is 360 g/mol. The lowest BCUT2D eigenvalue weighted by molar-refractivity contribution is -0.122. The van der Waals surface area contributed by atoms with E-state index in [0.29, 0.717) is 0 Å². The Balaban J connectivity index is 1.75. The van der Waals surface area contributed by atoms with Gasteiger partial charge in [0.15, 0.2) is 0 Å². The first kappa shape index (κ1) is 17.4. The Morgan fingerprint density at radius 3 is 2.76 bits per heavy atom. The summed E-state index contributed by atoms with van der Waals surface area (Å²) in [5.41, 5.74) is 2.98. The van der Waals surface area contributed by atoms with E-state index in [2.05, 4.69) is 5.32 Å². The number of benzene rings is 2. The topological polar surface area (TPSA) is 49.4 Å². The first-order chi connectivity index (χ1) is 11.9. The number of aryl methyl sites for hydroxylation is 1. The van der Waals surface area contributed by atoms with Crippen LogP contribution in [0.25, 0.3) is 0 Å². The minimum Gasteiger partial charge on any atom is -0.323 e. The number of nitrogens with zero attached hydrogens (tertiary/aromatic N) is 1. The lowest BCUT2D eigenvalue weighted by Crippen LogP contribution is -2.28. The van der Waals surface area contributed by atoms with Crippen molar-refractivity contribution in [2.24, 2.45) is 5.92 Å². The Bertz CT molecular complexity index is 853. The predicted molar refractivity (Wildman–Crippen MR) is 96.4 cm³/mol. The maximum absolute atomic E-state index is 13.8. The Morgan fingerprint density at radius 2 is 2.04 bits per heavy atom. The molecule has 6 heteroatoms. The number of hydrogen-bond donors (Lipinski definition) is 1. The van der Waals surface area contributed by atoms with Gasteiger partial charge in [-0.1, -0.05) is 23.7 Å². The molecule has 0 aliphatic carbocycles. The Labute approximate surface area is 150 Å². The smallest absolute Gasteiger partial charge is 0.229 e. The molecule has 0 aromatic heterocycles. The summed E-state index contributed by atoms with van der Waals surface area (Å²) in [6, 6.07) is 9.80. The van der Waals surface area contributed by atoms with E-state index >= 15 is 0 Å². The number of carbonyl (C=O) groups is 2. The van der Waals surface area contributed by atoms with Gasteiger partial charge in [0.05, 0.1) is 11.6 Å². The van der Waals surface area contributed by atoms with E-state index in [1.54, 1.807) is 4.90 Å². The number of halogens is 2. The Hall–Kier alpha value is -2.40. The molecule has 0 unspecified atom stereocenters. The maximum Gasteiger partial charge on any atom is 0.229 e. The molecule has 3 rings (SSSR count). The SMILES string of the molecule is Cc1cccc(N2C[C@@H](C(=O)Nc3ccc(Cl)cc3F)CC2=O)c1C. The number of hydrogen-bond acceptors (Lipinski definition) is 2. The molecule has 0 bridgehead atoms. The van der Waals surface area contributed by atoms with E-state index in [-0.39, 0.29) is 35.5 Å². The van der Waals surface area contributed by atoms with E-state index in [1.807, 2.05) is 32.0 Å². The molecule has 1 aliphatic heterocycles. The normalized spacial score (nSPS) is 17.0. The van der Waals surface area contributed by atoms with Gasteiger partial charge in [-0.2, -0.15) is 0 Å². The summed E-state index contributed by atoms with van der Waals surface area (Å²) in [6.45, 7) is 4.21. The van der Waals surface area contributed by atoms with Gasteiger partial charge in [-0.15, -0.1) is 0 Å². The highest BCUT2D eigenvalue weighted by atomic mass is 35.5. The van der Waals surface area contributed by atoms with Gasteiger partial charge in [0.2, 0.25) is 11.8 Å². The minimum absolute atomic E-state index is 0.0621. The van der Waals surface area contributed by atoms with Crippen molar-refractivity contribution < 1.29 is 14.0 Å². The minimum atomic E-state index is -0.600. The molecular formula is C19H18ClFN2O2. The van der Waals surface area contributed by atoms with E-state index in [0.717, 1.165) is 22.9 Å². The van der Waals surface area contributed by atoms with Crippen LogP contribution in [0.2, 0.25) is 5.02 Å². The zero-order chi connectivity index (χ0) is 18.1. The number of nitrogens with one attached hydrogen (secondary N) is 1. The first-order valence-electron chi connectivity index (χ1n) is 7.99. The van der Waals surface area contributed by atoms with Gasteiger partial charge in [-0.05, 0) is 49.2 Å². The lowest BCUT2D eigenvalue weighted by Gasteiger charge is -2.20. The van der Waals surface area contributed by atoms with Crippen molar-refractivity contribution in [3.63, 3.8) is 0 Å². The van der Waals surface area contributed by atoms with Gasteiger partial charge in [0, 0.05) is 23.7 Å². The molecule has 1 atom stereocenters. The van der Waals surface area contributed by atoms with Crippen molar-refractivity contribution >= 4 is 34.8 Å². The second-order valence-electron chi connectivity index (χ2n) is 6.24. The van der Waals surface area contributed by atoms with Crippen molar-refractivity contribution in [1.29, 1.82) is 0 Å². The summed E-state index contributed by atoms with van der Waals surface area (Å²) in [7, 11) is 0. The Morgan fingerprint density at radius 1 is 1.28 bits per heavy atom. The highest BCUT2D eigenvalue weighted by molar-refractivity contribution is 6.30. The highest BCUT2D eigenvalue weighted by Crippen LogP contribution is 2.30. The van der Waals surface area contributed by atoms with Gasteiger partial charge in [-0.3, -0.25) is 9.59 Å². The molecule has 130 valence electrons. The van der Waals surface area contributed by atoms with Crippen molar-refractivity contribution in [1.82, 2.24) is 0 Å². The number of rotatable bonds is 3. The van der Waals surface area contributed by atoms with Crippen LogP contribution in [-0.4, -0.2) is 18.4 Å². The average molecular weight is 361 g/mol. The average Bonchev–Trinajstić information content (AvgIpc) is 2.94. The number of carbonyl (C=O) groups excluding carboxylic acids is 2. The summed E-state index contributed by atoms with van der Waals surface area (Å²) in [4.78, 5) is 26.4. The van der Waals surface area contributed by atoms with Crippen molar-refractivity contribution in [2.45, 2.75) is 20.3 Å². The summed E-state index contributed by atoms with van der Waals surface area (Å²) >= 11 is 5.71. The molecule has 2 aromatic rings. The van der Waals surface area contributed by atoms with Crippen LogP contribution in [-0.2, 0) is 9.59 Å². The predicted octanol–water partition coefficient (Wildman–Crippen LogP) is 4.09. The molecule has 1 saturated heterocycles. The van der Waals surface area contributed by atoms with E-state index in [1.165, 1.54) is 12.1 Å². The fourth-order valence-corrected chi connectivity index (χ4v) is 3.13. The van der Waals surface area contributed by atoms with Gasteiger partial charge in [0.1, 0.15) is 5.82 Å². The van der Waals surface area contributed by atoms with Gasteiger partial charge in [0.25, 0.3) is 0 Å². The van der Waals surface area contributed by atoms with Crippen LogP contribution in [0.5, 0.6) is 0 Å². The summed E-state index contributed by atoms with van der Waals surface area (Å²) in [5.74, 6) is -1.60. The zero-order valence-electron chi connectivity index (χ0n) is 14.0. The van der Waals surface area contributed by atoms with Gasteiger partial charge < -0.3 is 10.2 Å². The van der Waals surface area contributed by atoms with Gasteiger partial charge in [-0.25, -0.2) is 4.39 Å². The molecule has 1 N–H and O–H groups in total. The van der Waals surface area contributed by atoms with Crippen LogP contribution in [0.3, 0.4) is 0 Å². The molecule has 1 fully saturated rings. The third-order valence-electron chi connectivity index (χ3n) is 4.55. The zero-order valence-corrected chi connectivity index (χ0v) is 14.7. The fourth-order valence-electron chi connectivity index (χ4n) is 2.97. The van der Waals surface area contributed by atoms with Crippen molar-refractivity contribution in [3.8, 4) is 0 Å². The van der Waals surface area contributed by atoms with Crippen LogP contribution >= 0.6 is 11.6 Å². The van der Waals surface area contributed by atoms with Crippen LogP contribution in [0.15, 0.2) is 36.4 Å². The standard InChI is InChI=1S/C19H18ClFN2O2/c1-11-4-3-5-17(12(11)2)23-10-13(8-18(23)24)19(25)22-16-7-6-14(20)9-15(16)21/h3-7,9,13H,8,10H2,1-2H3,(H,22,25)/t13-/m0/s1. The molecular weight excluding hydrogens is 343 g/mol. The van der Waals surface area contributed by atoms with E-state index < -0.39 is 11.7 Å². The summed E-state index contributed by atoms with van der Waals surface area (Å²) in [5, 5.41) is 2.80. The number of amides is 2. The molecule has 2 aromatic carbocycles.